The van der Waals surface area contributed by atoms with Gasteiger partial charge in [-0.1, -0.05) is 0 Å². The molecule has 0 radical (unpaired) electrons. The van der Waals surface area contributed by atoms with Gasteiger partial charge in [-0.15, -0.1) is 0 Å². The number of nitrogens with two attached hydrogens (primary N) is 1. The first-order chi connectivity index (χ1) is 10.5. The van der Waals surface area contributed by atoms with Crippen molar-refractivity contribution in [3.63, 3.8) is 0 Å². The standard InChI is InChI=1S/C14H10F3N5/c15-8-3-4-9(16)12(17)7(8)6-11-21-13(14(18)19)10-2-1-5-20-22(10)11/h1-5H,6H2,(H3,18,19). The van der Waals surface area contributed by atoms with Crippen LogP contribution < -0.4 is 5.73 Å². The van der Waals surface area contributed by atoms with Gasteiger partial charge in [-0.25, -0.2) is 22.7 Å². The van der Waals surface area contributed by atoms with Crippen LogP contribution in [-0.2, 0) is 6.42 Å². The highest BCUT2D eigenvalue weighted by atomic mass is 19.2. The lowest BCUT2D eigenvalue weighted by atomic mass is 10.1. The smallest absolute Gasteiger partial charge is 0.165 e. The first kappa shape index (κ1) is 14.1. The van der Waals surface area contributed by atoms with Crippen LogP contribution in [-0.4, -0.2) is 20.4 Å². The predicted molar refractivity (Wildman–Crippen MR) is 73.1 cm³/mol. The Morgan fingerprint density at radius 3 is 2.64 bits per heavy atom. The molecule has 8 heteroatoms. The van der Waals surface area contributed by atoms with Crippen molar-refractivity contribution >= 4 is 11.4 Å². The number of benzene rings is 1. The van der Waals surface area contributed by atoms with E-state index < -0.39 is 23.0 Å². The predicted octanol–water partition coefficient (Wildman–Crippen LogP) is 2.02. The van der Waals surface area contributed by atoms with Crippen molar-refractivity contribution in [2.75, 3.05) is 0 Å². The first-order valence-electron chi connectivity index (χ1n) is 6.28. The summed E-state index contributed by atoms with van der Waals surface area (Å²) in [5, 5.41) is 11.5. The van der Waals surface area contributed by atoms with E-state index in [1.165, 1.54) is 10.7 Å². The second-order valence-corrected chi connectivity index (χ2v) is 4.61. The molecule has 5 nitrogen and oxygen atoms in total. The number of halogens is 3. The maximum absolute atomic E-state index is 13.8. The number of aromatic nitrogens is 3. The molecule has 0 amide bonds. The number of nitrogens with one attached hydrogen (secondary N) is 1. The lowest BCUT2D eigenvalue weighted by Crippen LogP contribution is -2.12. The zero-order valence-corrected chi connectivity index (χ0v) is 11.1. The van der Waals surface area contributed by atoms with Gasteiger partial charge in [0.15, 0.2) is 11.6 Å². The largest absolute Gasteiger partial charge is 0.382 e. The fourth-order valence-corrected chi connectivity index (χ4v) is 2.19. The first-order valence-corrected chi connectivity index (χ1v) is 6.28. The summed E-state index contributed by atoms with van der Waals surface area (Å²) in [5.74, 6) is -3.42. The van der Waals surface area contributed by atoms with Crippen LogP contribution in [0.2, 0.25) is 0 Å². The number of imidazole rings is 1. The molecule has 0 aliphatic carbocycles. The molecule has 0 fully saturated rings. The molecule has 1 aromatic carbocycles. The summed E-state index contributed by atoms with van der Waals surface area (Å²) in [7, 11) is 0. The fraction of sp³-hybridized carbons (Fsp3) is 0.0714. The van der Waals surface area contributed by atoms with Crippen LogP contribution in [0, 0.1) is 22.9 Å². The van der Waals surface area contributed by atoms with Gasteiger partial charge in [0.1, 0.15) is 23.2 Å². The molecule has 0 unspecified atom stereocenters. The van der Waals surface area contributed by atoms with Crippen molar-refractivity contribution < 1.29 is 13.2 Å². The molecule has 112 valence electrons. The zero-order chi connectivity index (χ0) is 15.9. The molecule has 0 bridgehead atoms. The third kappa shape index (κ3) is 2.18. The summed E-state index contributed by atoms with van der Waals surface area (Å²) in [6.45, 7) is 0. The third-order valence-electron chi connectivity index (χ3n) is 3.21. The van der Waals surface area contributed by atoms with Crippen molar-refractivity contribution in [1.82, 2.24) is 14.6 Å². The van der Waals surface area contributed by atoms with Crippen LogP contribution in [0.4, 0.5) is 13.2 Å². The Labute approximate surface area is 122 Å². The van der Waals surface area contributed by atoms with Crippen LogP contribution in [0.1, 0.15) is 17.1 Å². The average Bonchev–Trinajstić information content (AvgIpc) is 2.87. The second kappa shape index (κ2) is 5.14. The van der Waals surface area contributed by atoms with Crippen molar-refractivity contribution in [2.24, 2.45) is 5.73 Å². The number of rotatable bonds is 3. The highest BCUT2D eigenvalue weighted by Crippen LogP contribution is 2.20. The van der Waals surface area contributed by atoms with Gasteiger partial charge in [-0.05, 0) is 24.3 Å². The molecule has 3 rings (SSSR count). The van der Waals surface area contributed by atoms with Gasteiger partial charge in [-0.2, -0.15) is 5.10 Å². The molecule has 3 aromatic rings. The summed E-state index contributed by atoms with van der Waals surface area (Å²) in [6.07, 6.45) is 1.14. The summed E-state index contributed by atoms with van der Waals surface area (Å²) in [5.41, 5.74) is 5.58. The van der Waals surface area contributed by atoms with Crippen molar-refractivity contribution in [3.8, 4) is 0 Å². The maximum Gasteiger partial charge on any atom is 0.165 e. The minimum atomic E-state index is -1.27. The molecule has 2 heterocycles. The monoisotopic (exact) mass is 305 g/mol. The van der Waals surface area contributed by atoms with Crippen LogP contribution in [0.3, 0.4) is 0 Å². The third-order valence-corrected chi connectivity index (χ3v) is 3.21. The molecule has 0 atom stereocenters. The molecule has 22 heavy (non-hydrogen) atoms. The number of nitrogens with zero attached hydrogens (tertiary/aromatic N) is 3. The minimum Gasteiger partial charge on any atom is -0.382 e. The molecular weight excluding hydrogens is 295 g/mol. The number of hydrogen-bond donors (Lipinski definition) is 2. The van der Waals surface area contributed by atoms with Gasteiger partial charge < -0.3 is 5.73 Å². The Bertz CT molecular complexity index is 888. The van der Waals surface area contributed by atoms with E-state index in [9.17, 15) is 13.2 Å². The van der Waals surface area contributed by atoms with Gasteiger partial charge in [0.05, 0.1) is 5.52 Å². The summed E-state index contributed by atoms with van der Waals surface area (Å²) in [4.78, 5) is 4.09. The Balaban J connectivity index is 2.17. The van der Waals surface area contributed by atoms with Crippen LogP contribution in [0.5, 0.6) is 0 Å². The average molecular weight is 305 g/mol. The van der Waals surface area contributed by atoms with Crippen LogP contribution in [0.25, 0.3) is 5.52 Å². The van der Waals surface area contributed by atoms with Crippen molar-refractivity contribution in [2.45, 2.75) is 6.42 Å². The van der Waals surface area contributed by atoms with Gasteiger partial charge >= 0.3 is 0 Å². The number of fused-ring (bicyclic) bond motifs is 1. The van der Waals surface area contributed by atoms with E-state index >= 15 is 0 Å². The Morgan fingerprint density at radius 1 is 1.18 bits per heavy atom. The molecule has 0 saturated heterocycles. The highest BCUT2D eigenvalue weighted by molar-refractivity contribution is 5.99. The summed E-state index contributed by atoms with van der Waals surface area (Å²) >= 11 is 0. The maximum atomic E-state index is 13.8. The normalized spacial score (nSPS) is 11.0. The number of amidine groups is 1. The number of nitrogen functional groups attached to an aromatic ring is 1. The van der Waals surface area contributed by atoms with E-state index in [0.717, 1.165) is 12.1 Å². The van der Waals surface area contributed by atoms with Gasteiger partial charge in [0.2, 0.25) is 0 Å². The SMILES string of the molecule is N=C(N)c1nc(Cc2c(F)ccc(F)c2F)n2ncccc12. The van der Waals surface area contributed by atoms with Crippen molar-refractivity contribution in [1.29, 1.82) is 5.41 Å². The molecule has 0 spiro atoms. The van der Waals surface area contributed by atoms with E-state index in [1.807, 2.05) is 0 Å². The highest BCUT2D eigenvalue weighted by Gasteiger charge is 2.19. The lowest BCUT2D eigenvalue weighted by Gasteiger charge is -2.04. The minimum absolute atomic E-state index is 0.153. The van der Waals surface area contributed by atoms with Gasteiger partial charge in [0.25, 0.3) is 0 Å². The quantitative estimate of drug-likeness (QED) is 0.441. The van der Waals surface area contributed by atoms with E-state index in [-0.39, 0.29) is 23.8 Å². The Hall–Kier alpha value is -2.90. The summed E-state index contributed by atoms with van der Waals surface area (Å²) < 4.78 is 42.1. The van der Waals surface area contributed by atoms with Crippen LogP contribution in [0.15, 0.2) is 30.5 Å². The zero-order valence-electron chi connectivity index (χ0n) is 11.1. The second-order valence-electron chi connectivity index (χ2n) is 4.61. The molecule has 3 N–H and O–H groups in total. The molecule has 2 aromatic heterocycles. The van der Waals surface area contributed by atoms with E-state index in [0.29, 0.717) is 5.52 Å². The van der Waals surface area contributed by atoms with Crippen molar-refractivity contribution in [3.05, 3.63) is 65.0 Å². The number of hydrogen-bond acceptors (Lipinski definition) is 3. The molecule has 0 aliphatic heterocycles. The summed E-state index contributed by atoms with van der Waals surface area (Å²) in [6, 6.07) is 4.81. The molecular formula is C14H10F3N5. The Morgan fingerprint density at radius 2 is 1.91 bits per heavy atom. The van der Waals surface area contributed by atoms with Gasteiger partial charge in [0, 0.05) is 18.2 Å². The van der Waals surface area contributed by atoms with E-state index in [1.54, 1.807) is 12.1 Å². The Kier molecular flexibility index (Phi) is 3.28. The van der Waals surface area contributed by atoms with E-state index in [4.69, 9.17) is 11.1 Å². The lowest BCUT2D eigenvalue weighted by molar-refractivity contribution is 0.481. The van der Waals surface area contributed by atoms with Crippen LogP contribution >= 0.6 is 0 Å². The molecule has 0 aliphatic rings. The molecule has 0 saturated carbocycles. The van der Waals surface area contributed by atoms with E-state index in [2.05, 4.69) is 10.1 Å². The fourth-order valence-electron chi connectivity index (χ4n) is 2.19. The van der Waals surface area contributed by atoms with Gasteiger partial charge in [-0.3, -0.25) is 5.41 Å². The topological polar surface area (TPSA) is 80.1 Å².